The second-order valence-electron chi connectivity index (χ2n) is 8.29. The van der Waals surface area contributed by atoms with Crippen LogP contribution < -0.4 is 5.73 Å². The van der Waals surface area contributed by atoms with Gasteiger partial charge in [0.1, 0.15) is 0 Å². The maximum Gasteiger partial charge on any atom is 0.0522 e. The molecule has 1 atom stereocenters. The van der Waals surface area contributed by atoms with Crippen LogP contribution in [-0.2, 0) is 13.0 Å². The molecule has 1 unspecified atom stereocenters. The maximum atomic E-state index is 6.54. The summed E-state index contributed by atoms with van der Waals surface area (Å²) in [6, 6.07) is 0.316. The minimum atomic E-state index is 0.316. The smallest absolute Gasteiger partial charge is 0.0522 e. The van der Waals surface area contributed by atoms with E-state index in [0.717, 1.165) is 30.7 Å². The molecule has 4 saturated carbocycles. The van der Waals surface area contributed by atoms with Crippen LogP contribution in [0.1, 0.15) is 57.4 Å². The molecule has 1 aromatic heterocycles. The Hall–Kier alpha value is -0.830. The molecule has 3 heteroatoms. The van der Waals surface area contributed by atoms with Gasteiger partial charge in [-0.3, -0.25) is 4.68 Å². The number of hydrogen-bond donors (Lipinski definition) is 1. The van der Waals surface area contributed by atoms with Crippen LogP contribution in [0.15, 0.2) is 12.4 Å². The highest BCUT2D eigenvalue weighted by molar-refractivity contribution is 5.08. The standard InChI is InChI=1S/C18H29N3/c1-2-21-12-16(11-20-21)6-17(19)10-18-7-13-3-14(8-18)5-15(4-13)9-18/h11-15,17H,2-10,19H2,1H3. The molecule has 116 valence electrons. The van der Waals surface area contributed by atoms with Crippen molar-refractivity contribution in [2.24, 2.45) is 28.9 Å². The molecule has 1 heterocycles. The molecule has 5 rings (SSSR count). The molecule has 0 amide bonds. The fourth-order valence-corrected chi connectivity index (χ4v) is 6.16. The number of aryl methyl sites for hydroxylation is 1. The van der Waals surface area contributed by atoms with E-state index < -0.39 is 0 Å². The summed E-state index contributed by atoms with van der Waals surface area (Å²) in [5.41, 5.74) is 8.46. The Morgan fingerprint density at radius 1 is 1.24 bits per heavy atom. The van der Waals surface area contributed by atoms with Gasteiger partial charge in [-0.05, 0) is 87.0 Å². The summed E-state index contributed by atoms with van der Waals surface area (Å²) in [5, 5.41) is 4.38. The SMILES string of the molecule is CCn1cc(CC(N)CC23CC4CC(CC(C4)C2)C3)cn1. The molecule has 4 aliphatic rings. The molecule has 0 saturated heterocycles. The zero-order valence-electron chi connectivity index (χ0n) is 13.3. The Kier molecular flexibility index (Phi) is 3.36. The lowest BCUT2D eigenvalue weighted by molar-refractivity contribution is -0.0602. The van der Waals surface area contributed by atoms with Crippen molar-refractivity contribution in [3.8, 4) is 0 Å². The van der Waals surface area contributed by atoms with Gasteiger partial charge in [0, 0.05) is 18.8 Å². The van der Waals surface area contributed by atoms with Crippen LogP contribution in [0.25, 0.3) is 0 Å². The molecule has 0 aliphatic heterocycles. The van der Waals surface area contributed by atoms with Gasteiger partial charge in [-0.2, -0.15) is 5.10 Å². The van der Waals surface area contributed by atoms with Crippen molar-refractivity contribution < 1.29 is 0 Å². The molecule has 21 heavy (non-hydrogen) atoms. The van der Waals surface area contributed by atoms with Crippen molar-refractivity contribution in [3.63, 3.8) is 0 Å². The van der Waals surface area contributed by atoms with Crippen LogP contribution in [0.2, 0.25) is 0 Å². The summed E-state index contributed by atoms with van der Waals surface area (Å²) >= 11 is 0. The molecule has 3 nitrogen and oxygen atoms in total. The van der Waals surface area contributed by atoms with Gasteiger partial charge in [-0.25, -0.2) is 0 Å². The zero-order valence-corrected chi connectivity index (χ0v) is 13.3. The zero-order chi connectivity index (χ0) is 14.4. The van der Waals surface area contributed by atoms with E-state index in [1.807, 2.05) is 10.9 Å². The van der Waals surface area contributed by atoms with Gasteiger partial charge in [-0.1, -0.05) is 0 Å². The number of nitrogens with zero attached hydrogens (tertiary/aromatic N) is 2. The van der Waals surface area contributed by atoms with Crippen molar-refractivity contribution in [2.45, 2.75) is 70.9 Å². The highest BCUT2D eigenvalue weighted by Gasteiger charge is 2.50. The van der Waals surface area contributed by atoms with Gasteiger partial charge in [-0.15, -0.1) is 0 Å². The first-order valence-electron chi connectivity index (χ1n) is 8.91. The molecule has 0 aromatic carbocycles. The monoisotopic (exact) mass is 287 g/mol. The van der Waals surface area contributed by atoms with Crippen molar-refractivity contribution in [3.05, 3.63) is 18.0 Å². The van der Waals surface area contributed by atoms with Crippen molar-refractivity contribution in [1.82, 2.24) is 9.78 Å². The Morgan fingerprint density at radius 2 is 1.86 bits per heavy atom. The molecular weight excluding hydrogens is 258 g/mol. The third-order valence-electron chi connectivity index (χ3n) is 6.37. The van der Waals surface area contributed by atoms with E-state index in [1.165, 1.54) is 50.5 Å². The van der Waals surface area contributed by atoms with E-state index in [1.54, 1.807) is 0 Å². The van der Waals surface area contributed by atoms with Crippen LogP contribution in [0.4, 0.5) is 0 Å². The number of nitrogens with two attached hydrogens (primary N) is 1. The first-order chi connectivity index (χ1) is 10.1. The average molecular weight is 287 g/mol. The van der Waals surface area contributed by atoms with Crippen LogP contribution in [-0.4, -0.2) is 15.8 Å². The summed E-state index contributed by atoms with van der Waals surface area (Å²) in [5.74, 6) is 3.10. The van der Waals surface area contributed by atoms with Gasteiger partial charge in [0.05, 0.1) is 6.20 Å². The van der Waals surface area contributed by atoms with E-state index in [-0.39, 0.29) is 0 Å². The lowest BCUT2D eigenvalue weighted by Crippen LogP contribution is -2.48. The van der Waals surface area contributed by atoms with E-state index in [4.69, 9.17) is 5.73 Å². The predicted octanol–water partition coefficient (Wildman–Crippen LogP) is 3.38. The number of aromatic nitrogens is 2. The Bertz CT molecular complexity index is 469. The average Bonchev–Trinajstić information content (AvgIpc) is 2.83. The van der Waals surface area contributed by atoms with Crippen LogP contribution in [0.5, 0.6) is 0 Å². The Balaban J connectivity index is 1.41. The molecule has 1 aromatic rings. The van der Waals surface area contributed by atoms with Crippen LogP contribution in [0, 0.1) is 23.2 Å². The summed E-state index contributed by atoms with van der Waals surface area (Å²) in [6.45, 7) is 3.08. The van der Waals surface area contributed by atoms with Gasteiger partial charge in [0.15, 0.2) is 0 Å². The quantitative estimate of drug-likeness (QED) is 0.902. The molecule has 2 N–H and O–H groups in total. The first-order valence-corrected chi connectivity index (χ1v) is 8.91. The summed E-state index contributed by atoms with van der Waals surface area (Å²) in [6.07, 6.45) is 15.4. The van der Waals surface area contributed by atoms with E-state index >= 15 is 0 Å². The van der Waals surface area contributed by atoms with Crippen molar-refractivity contribution >= 4 is 0 Å². The fraction of sp³-hybridized carbons (Fsp3) is 0.833. The number of rotatable bonds is 5. The topological polar surface area (TPSA) is 43.8 Å². The highest BCUT2D eigenvalue weighted by atomic mass is 15.3. The molecular formula is C18H29N3. The van der Waals surface area contributed by atoms with E-state index in [0.29, 0.717) is 11.5 Å². The van der Waals surface area contributed by atoms with Crippen molar-refractivity contribution in [1.29, 1.82) is 0 Å². The van der Waals surface area contributed by atoms with Crippen molar-refractivity contribution in [2.75, 3.05) is 0 Å². The predicted molar refractivity (Wildman–Crippen MR) is 84.8 cm³/mol. The van der Waals surface area contributed by atoms with Gasteiger partial charge in [0.25, 0.3) is 0 Å². The Labute approximate surface area is 128 Å². The minimum Gasteiger partial charge on any atom is -0.327 e. The maximum absolute atomic E-state index is 6.54. The molecule has 4 aliphatic carbocycles. The molecule has 0 spiro atoms. The first kappa shape index (κ1) is 13.8. The lowest BCUT2D eigenvalue weighted by atomic mass is 9.48. The van der Waals surface area contributed by atoms with Gasteiger partial charge in [0.2, 0.25) is 0 Å². The summed E-state index contributed by atoms with van der Waals surface area (Å²) in [7, 11) is 0. The molecule has 0 radical (unpaired) electrons. The fourth-order valence-electron chi connectivity index (χ4n) is 6.16. The third-order valence-corrected chi connectivity index (χ3v) is 6.37. The third kappa shape index (κ3) is 2.65. The minimum absolute atomic E-state index is 0.316. The normalized spacial score (nSPS) is 38.9. The second-order valence-corrected chi connectivity index (χ2v) is 8.29. The summed E-state index contributed by atoms with van der Waals surface area (Å²) < 4.78 is 2.01. The molecule has 4 fully saturated rings. The molecule has 4 bridgehead atoms. The highest BCUT2D eigenvalue weighted by Crippen LogP contribution is 2.61. The largest absolute Gasteiger partial charge is 0.327 e. The van der Waals surface area contributed by atoms with Gasteiger partial charge >= 0.3 is 0 Å². The van der Waals surface area contributed by atoms with E-state index in [9.17, 15) is 0 Å². The van der Waals surface area contributed by atoms with E-state index in [2.05, 4.69) is 18.2 Å². The summed E-state index contributed by atoms with van der Waals surface area (Å²) in [4.78, 5) is 0. The van der Waals surface area contributed by atoms with Crippen LogP contribution >= 0.6 is 0 Å². The van der Waals surface area contributed by atoms with Crippen LogP contribution in [0.3, 0.4) is 0 Å². The lowest BCUT2D eigenvalue weighted by Gasteiger charge is -2.57. The number of hydrogen-bond acceptors (Lipinski definition) is 2. The Morgan fingerprint density at radius 3 is 2.38 bits per heavy atom. The second kappa shape index (κ2) is 5.12. The van der Waals surface area contributed by atoms with Gasteiger partial charge < -0.3 is 5.73 Å².